The molecule has 3 nitrogen and oxygen atoms in total. The van der Waals surface area contributed by atoms with E-state index in [0.29, 0.717) is 17.0 Å². The molecule has 0 saturated carbocycles. The first-order chi connectivity index (χ1) is 14.1. The molecule has 0 bridgehead atoms. The molecule has 3 atom stereocenters. The molecule has 1 aromatic heterocycles. The first-order valence-corrected chi connectivity index (χ1v) is 10.7. The van der Waals surface area contributed by atoms with Crippen molar-refractivity contribution in [2.24, 2.45) is 5.92 Å². The third-order valence-electron chi connectivity index (χ3n) is 5.55. The molecule has 1 aliphatic carbocycles. The molecule has 3 unspecified atom stereocenters. The van der Waals surface area contributed by atoms with Crippen molar-refractivity contribution >= 4 is 40.1 Å². The molecule has 3 aromatic rings. The van der Waals surface area contributed by atoms with E-state index in [1.54, 1.807) is 23.5 Å². The summed E-state index contributed by atoms with van der Waals surface area (Å²) in [6.45, 7) is 0. The van der Waals surface area contributed by atoms with Crippen molar-refractivity contribution in [3.8, 4) is 0 Å². The molecule has 29 heavy (non-hydrogen) atoms. The molecule has 0 saturated heterocycles. The van der Waals surface area contributed by atoms with Crippen LogP contribution in [-0.4, -0.2) is 5.78 Å². The Labute approximate surface area is 177 Å². The van der Waals surface area contributed by atoms with Crippen LogP contribution in [0, 0.1) is 11.7 Å². The second-order valence-corrected chi connectivity index (χ2v) is 8.71. The van der Waals surface area contributed by atoms with Gasteiger partial charge in [0.05, 0.1) is 23.3 Å². The van der Waals surface area contributed by atoms with Gasteiger partial charge >= 0.3 is 0 Å². The van der Waals surface area contributed by atoms with Crippen LogP contribution in [0.2, 0.25) is 5.02 Å². The summed E-state index contributed by atoms with van der Waals surface area (Å²) >= 11 is 8.04. The predicted octanol–water partition coefficient (Wildman–Crippen LogP) is 6.38. The van der Waals surface area contributed by atoms with E-state index in [9.17, 15) is 9.18 Å². The molecule has 0 fully saturated rings. The number of thiophene rings is 1. The lowest BCUT2D eigenvalue weighted by Gasteiger charge is -2.32. The number of nitrogens with one attached hydrogen (secondary N) is 2. The Morgan fingerprint density at radius 2 is 1.86 bits per heavy atom. The number of para-hydroxylation sites is 2. The number of halogens is 2. The van der Waals surface area contributed by atoms with E-state index >= 15 is 0 Å². The summed E-state index contributed by atoms with van der Waals surface area (Å²) in [7, 11) is 0. The second kappa shape index (κ2) is 7.32. The zero-order valence-electron chi connectivity index (χ0n) is 15.4. The molecule has 0 radical (unpaired) electrons. The highest BCUT2D eigenvalue weighted by Gasteiger charge is 2.41. The maximum Gasteiger partial charge on any atom is 0.145 e. The van der Waals surface area contributed by atoms with Crippen molar-refractivity contribution in [3.05, 3.63) is 93.0 Å². The van der Waals surface area contributed by atoms with Crippen LogP contribution in [-0.2, 0) is 4.79 Å². The van der Waals surface area contributed by atoms with Crippen LogP contribution in [0.1, 0.15) is 28.8 Å². The number of Topliss-reactive ketones (excluding diaryl/α,β-unsaturated/α-hetero) is 1. The Morgan fingerprint density at radius 3 is 2.62 bits per heavy atom. The van der Waals surface area contributed by atoms with Gasteiger partial charge in [-0.05, 0) is 35.7 Å². The summed E-state index contributed by atoms with van der Waals surface area (Å²) in [6.07, 6.45) is 2.50. The third kappa shape index (κ3) is 3.24. The monoisotopic (exact) mass is 424 g/mol. The van der Waals surface area contributed by atoms with Crippen molar-refractivity contribution < 1.29 is 9.18 Å². The highest BCUT2D eigenvalue weighted by molar-refractivity contribution is 7.10. The number of rotatable bonds is 2. The van der Waals surface area contributed by atoms with Gasteiger partial charge < -0.3 is 10.6 Å². The molecule has 2 heterocycles. The number of carbonyl (C=O) groups excluding carboxylic acids is 1. The quantitative estimate of drug-likeness (QED) is 0.501. The molecular weight excluding hydrogens is 407 g/mol. The van der Waals surface area contributed by atoms with Gasteiger partial charge in [-0.1, -0.05) is 41.9 Å². The van der Waals surface area contributed by atoms with Crippen LogP contribution in [0.5, 0.6) is 0 Å². The highest BCUT2D eigenvalue weighted by atomic mass is 35.5. The number of benzene rings is 2. The average Bonchev–Trinajstić information content (AvgIpc) is 3.18. The van der Waals surface area contributed by atoms with Crippen molar-refractivity contribution in [3.63, 3.8) is 0 Å². The smallest absolute Gasteiger partial charge is 0.145 e. The van der Waals surface area contributed by atoms with Crippen molar-refractivity contribution in [2.75, 3.05) is 10.6 Å². The van der Waals surface area contributed by atoms with Crippen LogP contribution in [0.25, 0.3) is 0 Å². The van der Waals surface area contributed by atoms with E-state index in [-0.39, 0.29) is 11.7 Å². The van der Waals surface area contributed by atoms with Crippen LogP contribution in [0.15, 0.2) is 71.8 Å². The Bertz CT molecular complexity index is 1090. The molecule has 146 valence electrons. The van der Waals surface area contributed by atoms with Gasteiger partial charge in [-0.25, -0.2) is 4.39 Å². The minimum Gasteiger partial charge on any atom is -0.375 e. The van der Waals surface area contributed by atoms with Crippen LogP contribution >= 0.6 is 22.9 Å². The van der Waals surface area contributed by atoms with Gasteiger partial charge in [0.15, 0.2) is 0 Å². The molecule has 2 N–H and O–H groups in total. The van der Waals surface area contributed by atoms with Gasteiger partial charge in [-0.3, -0.25) is 4.79 Å². The normalized spacial score (nSPS) is 23.2. The second-order valence-electron chi connectivity index (χ2n) is 7.32. The summed E-state index contributed by atoms with van der Waals surface area (Å²) < 4.78 is 14.9. The Kier molecular flexibility index (Phi) is 4.64. The van der Waals surface area contributed by atoms with Crippen molar-refractivity contribution in [2.45, 2.75) is 18.4 Å². The van der Waals surface area contributed by atoms with E-state index < -0.39 is 17.8 Å². The number of fused-ring (bicyclic) bond motifs is 2. The number of anilines is 2. The molecular formula is C23H18ClFN2OS. The van der Waals surface area contributed by atoms with Crippen LogP contribution in [0.3, 0.4) is 0 Å². The molecule has 1 aliphatic heterocycles. The summed E-state index contributed by atoms with van der Waals surface area (Å²) in [5.74, 6) is -0.879. The summed E-state index contributed by atoms with van der Waals surface area (Å²) in [5.41, 5.74) is 2.79. The van der Waals surface area contributed by atoms with Crippen LogP contribution in [0.4, 0.5) is 15.8 Å². The van der Waals surface area contributed by atoms with Crippen LogP contribution < -0.4 is 10.6 Å². The highest BCUT2D eigenvalue weighted by Crippen LogP contribution is 2.46. The van der Waals surface area contributed by atoms with E-state index in [0.717, 1.165) is 21.9 Å². The molecule has 0 amide bonds. The van der Waals surface area contributed by atoms with Gasteiger partial charge in [-0.15, -0.1) is 11.3 Å². The third-order valence-corrected chi connectivity index (χ3v) is 6.89. The maximum absolute atomic E-state index is 14.9. The number of ketones is 1. The lowest BCUT2D eigenvalue weighted by Crippen LogP contribution is -2.34. The van der Waals surface area contributed by atoms with Gasteiger partial charge in [0.25, 0.3) is 0 Å². The van der Waals surface area contributed by atoms with E-state index in [2.05, 4.69) is 16.7 Å². The Morgan fingerprint density at radius 1 is 1.03 bits per heavy atom. The first kappa shape index (κ1) is 18.4. The maximum atomic E-state index is 14.9. The topological polar surface area (TPSA) is 41.1 Å². The van der Waals surface area contributed by atoms with Gasteiger partial charge in [0.1, 0.15) is 11.6 Å². The number of allylic oxidation sites excluding steroid dienone is 1. The van der Waals surface area contributed by atoms with Crippen molar-refractivity contribution in [1.29, 1.82) is 0 Å². The largest absolute Gasteiger partial charge is 0.375 e. The first-order valence-electron chi connectivity index (χ1n) is 9.46. The van der Waals surface area contributed by atoms with E-state index in [1.807, 2.05) is 41.8 Å². The number of carbonyl (C=O) groups is 1. The SMILES string of the molecule is O=C1CC(c2cccs2)C=C2Nc3ccccc3NC(c3c(F)cccc3Cl)C12. The lowest BCUT2D eigenvalue weighted by molar-refractivity contribution is -0.122. The van der Waals surface area contributed by atoms with E-state index in [1.165, 1.54) is 6.07 Å². The summed E-state index contributed by atoms with van der Waals surface area (Å²) in [4.78, 5) is 14.5. The minimum absolute atomic E-state index is 0.0169. The predicted molar refractivity (Wildman–Crippen MR) is 116 cm³/mol. The zero-order chi connectivity index (χ0) is 20.0. The van der Waals surface area contributed by atoms with Gasteiger partial charge in [0, 0.05) is 33.5 Å². The van der Waals surface area contributed by atoms with Gasteiger partial charge in [0.2, 0.25) is 0 Å². The summed E-state index contributed by atoms with van der Waals surface area (Å²) in [6, 6.07) is 15.8. The fraction of sp³-hybridized carbons (Fsp3) is 0.174. The van der Waals surface area contributed by atoms with Gasteiger partial charge in [-0.2, -0.15) is 0 Å². The molecule has 6 heteroatoms. The fourth-order valence-corrected chi connectivity index (χ4v) is 5.32. The van der Waals surface area contributed by atoms with Crippen molar-refractivity contribution in [1.82, 2.24) is 0 Å². The van der Waals surface area contributed by atoms with E-state index in [4.69, 9.17) is 11.6 Å². The Balaban J connectivity index is 1.68. The Hall–Kier alpha value is -2.63. The summed E-state index contributed by atoms with van der Waals surface area (Å²) in [5, 5.41) is 9.16. The molecule has 0 spiro atoms. The fourth-order valence-electron chi connectivity index (χ4n) is 4.24. The molecule has 2 aromatic carbocycles. The lowest BCUT2D eigenvalue weighted by atomic mass is 9.78. The molecule has 2 aliphatic rings. The average molecular weight is 425 g/mol. The standard InChI is InChI=1S/C23H18ClFN2OS/c24-14-5-3-6-15(25)21(14)23-22-18(26-16-7-1-2-8-17(16)27-23)11-13(12-19(22)28)20-9-4-10-29-20/h1-11,13,22-23,26-27H,12H2. The number of hydrogen-bond donors (Lipinski definition) is 2. The number of hydrogen-bond acceptors (Lipinski definition) is 4. The molecule has 5 rings (SSSR count). The minimum atomic E-state index is -0.595. The zero-order valence-corrected chi connectivity index (χ0v) is 16.9.